The topological polar surface area (TPSA) is 56.7 Å². The highest BCUT2D eigenvalue weighted by molar-refractivity contribution is 7.14. The van der Waals surface area contributed by atoms with E-state index < -0.39 is 0 Å². The van der Waals surface area contributed by atoms with E-state index in [2.05, 4.69) is 14.8 Å². The Morgan fingerprint density at radius 2 is 2.36 bits per heavy atom. The second-order valence-electron chi connectivity index (χ2n) is 3.40. The predicted molar refractivity (Wildman–Crippen MR) is 56.1 cm³/mol. The van der Waals surface area contributed by atoms with Gasteiger partial charge in [-0.25, -0.2) is 0 Å². The van der Waals surface area contributed by atoms with Crippen LogP contribution in [-0.4, -0.2) is 14.8 Å². The van der Waals surface area contributed by atoms with E-state index in [1.54, 1.807) is 11.3 Å². The molecular formula is C9H10N4S. The van der Waals surface area contributed by atoms with Gasteiger partial charge in [-0.05, 0) is 17.9 Å². The maximum Gasteiger partial charge on any atom is 0.176 e. The normalized spacial score (nSPS) is 14.6. The van der Waals surface area contributed by atoms with Crippen LogP contribution in [0.4, 0.5) is 5.69 Å². The summed E-state index contributed by atoms with van der Waals surface area (Å²) < 4.78 is 2.17. The molecule has 3 rings (SSSR count). The molecule has 0 saturated carbocycles. The van der Waals surface area contributed by atoms with Gasteiger partial charge in [-0.1, -0.05) is 0 Å². The quantitative estimate of drug-likeness (QED) is 0.770. The van der Waals surface area contributed by atoms with Crippen LogP contribution >= 0.6 is 11.3 Å². The van der Waals surface area contributed by atoms with Crippen molar-refractivity contribution in [2.45, 2.75) is 19.4 Å². The van der Waals surface area contributed by atoms with Gasteiger partial charge in [0.1, 0.15) is 5.82 Å². The Morgan fingerprint density at radius 1 is 1.43 bits per heavy atom. The molecule has 5 heteroatoms. The molecule has 0 aromatic carbocycles. The van der Waals surface area contributed by atoms with Crippen molar-refractivity contribution in [2.75, 3.05) is 5.73 Å². The second-order valence-corrected chi connectivity index (χ2v) is 4.32. The number of rotatable bonds is 1. The first kappa shape index (κ1) is 7.99. The number of nitrogens with two attached hydrogens (primary N) is 1. The number of thiophene rings is 1. The van der Waals surface area contributed by atoms with Crippen molar-refractivity contribution in [2.24, 2.45) is 0 Å². The number of nitrogen functional groups attached to an aromatic ring is 1. The number of nitrogens with zero attached hydrogens (tertiary/aromatic N) is 3. The molecule has 3 heterocycles. The summed E-state index contributed by atoms with van der Waals surface area (Å²) in [6, 6.07) is 1.91. The van der Waals surface area contributed by atoms with Gasteiger partial charge in [0.15, 0.2) is 5.82 Å². The number of fused-ring (bicyclic) bond motifs is 1. The number of aryl methyl sites for hydroxylation is 1. The molecule has 1 aliphatic heterocycles. The molecule has 0 unspecified atom stereocenters. The minimum Gasteiger partial charge on any atom is -0.397 e. The summed E-state index contributed by atoms with van der Waals surface area (Å²) in [6.07, 6.45) is 2.21. The van der Waals surface area contributed by atoms with Crippen molar-refractivity contribution in [3.8, 4) is 10.7 Å². The fourth-order valence-electron chi connectivity index (χ4n) is 1.82. The van der Waals surface area contributed by atoms with Crippen LogP contribution in [0.5, 0.6) is 0 Å². The van der Waals surface area contributed by atoms with E-state index in [1.165, 1.54) is 6.42 Å². The van der Waals surface area contributed by atoms with Gasteiger partial charge in [-0.15, -0.1) is 21.5 Å². The Balaban J connectivity index is 2.17. The lowest BCUT2D eigenvalue weighted by atomic mass is 10.4. The summed E-state index contributed by atoms with van der Waals surface area (Å²) in [5.74, 6) is 2.03. The van der Waals surface area contributed by atoms with Gasteiger partial charge in [-0.3, -0.25) is 0 Å². The zero-order valence-electron chi connectivity index (χ0n) is 7.60. The van der Waals surface area contributed by atoms with Crippen molar-refractivity contribution in [1.29, 1.82) is 0 Å². The molecule has 0 spiro atoms. The lowest BCUT2D eigenvalue weighted by Crippen LogP contribution is -1.96. The number of hydrogen-bond acceptors (Lipinski definition) is 4. The van der Waals surface area contributed by atoms with E-state index >= 15 is 0 Å². The molecule has 0 bridgehead atoms. The zero-order chi connectivity index (χ0) is 9.54. The summed E-state index contributed by atoms with van der Waals surface area (Å²) in [4.78, 5) is 1.05. The third-order valence-corrected chi connectivity index (χ3v) is 3.43. The summed E-state index contributed by atoms with van der Waals surface area (Å²) in [5.41, 5.74) is 6.66. The van der Waals surface area contributed by atoms with Crippen LogP contribution in [-0.2, 0) is 13.0 Å². The average molecular weight is 206 g/mol. The van der Waals surface area contributed by atoms with Gasteiger partial charge in [0, 0.05) is 13.0 Å². The second kappa shape index (κ2) is 2.81. The van der Waals surface area contributed by atoms with E-state index in [1.807, 2.05) is 11.4 Å². The molecular weight excluding hydrogens is 196 g/mol. The summed E-state index contributed by atoms with van der Waals surface area (Å²) >= 11 is 1.62. The molecule has 2 N–H and O–H groups in total. The highest BCUT2D eigenvalue weighted by Crippen LogP contribution is 2.32. The van der Waals surface area contributed by atoms with Crippen molar-refractivity contribution >= 4 is 17.0 Å². The van der Waals surface area contributed by atoms with Crippen LogP contribution in [0.1, 0.15) is 12.2 Å². The van der Waals surface area contributed by atoms with Crippen LogP contribution in [0.25, 0.3) is 10.7 Å². The SMILES string of the molecule is Nc1ccsc1-c1nnc2n1CCC2. The van der Waals surface area contributed by atoms with Crippen LogP contribution in [0.15, 0.2) is 11.4 Å². The molecule has 0 fully saturated rings. The summed E-state index contributed by atoms with van der Waals surface area (Å²) in [7, 11) is 0. The first-order valence-corrected chi connectivity index (χ1v) is 5.49. The van der Waals surface area contributed by atoms with Gasteiger partial charge in [-0.2, -0.15) is 0 Å². The number of hydrogen-bond donors (Lipinski definition) is 1. The van der Waals surface area contributed by atoms with Crippen LogP contribution in [0, 0.1) is 0 Å². The Morgan fingerprint density at radius 3 is 3.14 bits per heavy atom. The Bertz CT molecular complexity index is 471. The van der Waals surface area contributed by atoms with Crippen molar-refractivity contribution < 1.29 is 0 Å². The molecule has 1 aliphatic rings. The Labute approximate surface area is 85.4 Å². The molecule has 0 saturated heterocycles. The first-order valence-electron chi connectivity index (χ1n) is 4.61. The highest BCUT2D eigenvalue weighted by atomic mass is 32.1. The monoisotopic (exact) mass is 206 g/mol. The molecule has 2 aromatic heterocycles. The number of anilines is 1. The molecule has 0 radical (unpaired) electrons. The molecule has 0 amide bonds. The largest absolute Gasteiger partial charge is 0.397 e. The van der Waals surface area contributed by atoms with Crippen LogP contribution in [0.3, 0.4) is 0 Å². The van der Waals surface area contributed by atoms with E-state index in [4.69, 9.17) is 5.73 Å². The zero-order valence-corrected chi connectivity index (χ0v) is 8.42. The summed E-state index contributed by atoms with van der Waals surface area (Å²) in [6.45, 7) is 1.02. The van der Waals surface area contributed by atoms with Gasteiger partial charge in [0.25, 0.3) is 0 Å². The van der Waals surface area contributed by atoms with E-state index in [9.17, 15) is 0 Å². The lowest BCUT2D eigenvalue weighted by molar-refractivity contribution is 0.750. The maximum atomic E-state index is 5.86. The van der Waals surface area contributed by atoms with Crippen molar-refractivity contribution in [3.63, 3.8) is 0 Å². The van der Waals surface area contributed by atoms with Crippen molar-refractivity contribution in [1.82, 2.24) is 14.8 Å². The molecule has 0 aliphatic carbocycles. The van der Waals surface area contributed by atoms with E-state index in [0.717, 1.165) is 35.2 Å². The third-order valence-electron chi connectivity index (χ3n) is 2.51. The van der Waals surface area contributed by atoms with Gasteiger partial charge < -0.3 is 10.3 Å². The van der Waals surface area contributed by atoms with Crippen LogP contribution < -0.4 is 5.73 Å². The van der Waals surface area contributed by atoms with E-state index in [0.29, 0.717) is 0 Å². The molecule has 14 heavy (non-hydrogen) atoms. The maximum absolute atomic E-state index is 5.86. The predicted octanol–water partition coefficient (Wildman–Crippen LogP) is 1.54. The highest BCUT2D eigenvalue weighted by Gasteiger charge is 2.20. The molecule has 72 valence electrons. The molecule has 4 nitrogen and oxygen atoms in total. The standard InChI is InChI=1S/C9H10N4S/c10-6-3-5-14-8(6)9-12-11-7-2-1-4-13(7)9/h3,5H,1-2,4,10H2. The lowest BCUT2D eigenvalue weighted by Gasteiger charge is -2.00. The first-order chi connectivity index (χ1) is 6.86. The fourth-order valence-corrected chi connectivity index (χ4v) is 2.63. The van der Waals surface area contributed by atoms with Gasteiger partial charge in [0.2, 0.25) is 0 Å². The Hall–Kier alpha value is -1.36. The Kier molecular flexibility index (Phi) is 1.61. The van der Waals surface area contributed by atoms with Gasteiger partial charge in [0.05, 0.1) is 10.6 Å². The smallest absolute Gasteiger partial charge is 0.176 e. The fraction of sp³-hybridized carbons (Fsp3) is 0.333. The third kappa shape index (κ3) is 0.988. The number of aromatic nitrogens is 3. The molecule has 2 aromatic rings. The van der Waals surface area contributed by atoms with Gasteiger partial charge >= 0.3 is 0 Å². The average Bonchev–Trinajstić information content (AvgIpc) is 2.78. The minimum absolute atomic E-state index is 0.803. The van der Waals surface area contributed by atoms with Crippen LogP contribution in [0.2, 0.25) is 0 Å². The minimum atomic E-state index is 0.803. The summed E-state index contributed by atoms with van der Waals surface area (Å²) in [5, 5.41) is 10.3. The molecule has 0 atom stereocenters. The van der Waals surface area contributed by atoms with Crippen molar-refractivity contribution in [3.05, 3.63) is 17.3 Å². The van der Waals surface area contributed by atoms with E-state index in [-0.39, 0.29) is 0 Å².